The van der Waals surface area contributed by atoms with E-state index in [2.05, 4.69) is 62.5 Å². The second kappa shape index (κ2) is 39.3. The lowest BCUT2D eigenvalue weighted by atomic mass is 10.0. The maximum absolute atomic E-state index is 12.2. The number of ether oxygens (including phenoxy) is 2. The Morgan fingerprint density at radius 1 is 0.500 bits per heavy atom. The Morgan fingerprint density at radius 2 is 0.896 bits per heavy atom. The lowest BCUT2D eigenvalue weighted by Crippen LogP contribution is -2.28. The highest BCUT2D eigenvalue weighted by Gasteiger charge is 2.16. The minimum atomic E-state index is -0.782. The van der Waals surface area contributed by atoms with Gasteiger partial charge < -0.3 is 14.6 Å². The van der Waals surface area contributed by atoms with Crippen molar-refractivity contribution in [1.82, 2.24) is 0 Å². The van der Waals surface area contributed by atoms with E-state index >= 15 is 0 Å². The zero-order valence-electron chi connectivity index (χ0n) is 31.5. The van der Waals surface area contributed by atoms with Crippen LogP contribution in [0.2, 0.25) is 0 Å². The lowest BCUT2D eigenvalue weighted by Gasteiger charge is -2.15. The number of aliphatic hydroxyl groups excluding tert-OH is 1. The van der Waals surface area contributed by atoms with Crippen molar-refractivity contribution in [2.45, 2.75) is 200 Å². The van der Waals surface area contributed by atoms with E-state index in [9.17, 15) is 14.7 Å². The first-order valence-corrected chi connectivity index (χ1v) is 20.2. The molecule has 0 saturated heterocycles. The monoisotopic (exact) mass is 673 g/mol. The molecule has 5 nitrogen and oxygen atoms in total. The van der Waals surface area contributed by atoms with E-state index in [-0.39, 0.29) is 25.2 Å². The molecule has 0 heterocycles. The van der Waals surface area contributed by atoms with Crippen molar-refractivity contribution in [3.8, 4) is 0 Å². The van der Waals surface area contributed by atoms with Crippen LogP contribution < -0.4 is 0 Å². The van der Waals surface area contributed by atoms with Crippen LogP contribution in [0.4, 0.5) is 0 Å². The van der Waals surface area contributed by atoms with Crippen molar-refractivity contribution in [2.75, 3.05) is 13.2 Å². The van der Waals surface area contributed by atoms with Gasteiger partial charge in [-0.3, -0.25) is 9.59 Å². The third-order valence-corrected chi connectivity index (χ3v) is 8.64. The van der Waals surface area contributed by atoms with Crippen LogP contribution >= 0.6 is 0 Å². The fourth-order valence-electron chi connectivity index (χ4n) is 5.60. The normalized spacial score (nSPS) is 12.6. The number of allylic oxidation sites excluding steroid dienone is 8. The van der Waals surface area contributed by atoms with Crippen LogP contribution in [0.25, 0.3) is 0 Å². The molecule has 0 aliphatic rings. The van der Waals surface area contributed by atoms with Gasteiger partial charge in [-0.05, 0) is 51.4 Å². The summed E-state index contributed by atoms with van der Waals surface area (Å²) in [5, 5.41) is 9.56. The average Bonchev–Trinajstić information content (AvgIpc) is 3.09. The molecule has 5 heteroatoms. The van der Waals surface area contributed by atoms with Gasteiger partial charge in [0.2, 0.25) is 0 Å². The summed E-state index contributed by atoms with van der Waals surface area (Å²) in [6.45, 7) is 4.01. The molecule has 1 atom stereocenters. The summed E-state index contributed by atoms with van der Waals surface area (Å²) in [4.78, 5) is 24.3. The zero-order valence-corrected chi connectivity index (χ0v) is 31.5. The van der Waals surface area contributed by atoms with Crippen LogP contribution in [0, 0.1) is 0 Å². The summed E-state index contributed by atoms with van der Waals surface area (Å²) in [6.07, 6.45) is 48.9. The van der Waals surface area contributed by atoms with Gasteiger partial charge in [0.1, 0.15) is 6.61 Å². The van der Waals surface area contributed by atoms with E-state index in [1.165, 1.54) is 89.9 Å². The molecule has 0 saturated carbocycles. The van der Waals surface area contributed by atoms with Gasteiger partial charge in [0, 0.05) is 12.8 Å². The number of hydrogen-bond acceptors (Lipinski definition) is 5. The molecule has 0 aliphatic heterocycles. The Bertz CT molecular complexity index is 812. The highest BCUT2D eigenvalue weighted by molar-refractivity contribution is 5.70. The standard InChI is InChI=1S/C43H76O5/c1-3-5-7-9-11-13-15-17-19-21-23-25-27-29-31-33-35-37-42(45)47-40-41(39-44)48-43(46)38-36-34-32-30-28-26-24-22-20-18-16-14-12-10-8-6-4-2/h6,8,12,14,18,20,24,26,41,44H,3-5,7,9-11,13,15-17,19,21-23,25,27-40H2,1-2H3. The molecule has 0 aromatic heterocycles. The Kier molecular flexibility index (Phi) is 37.5. The van der Waals surface area contributed by atoms with E-state index in [0.29, 0.717) is 12.8 Å². The van der Waals surface area contributed by atoms with Crippen molar-refractivity contribution in [2.24, 2.45) is 0 Å². The van der Waals surface area contributed by atoms with Crippen LogP contribution in [0.5, 0.6) is 0 Å². The van der Waals surface area contributed by atoms with E-state index in [1.807, 2.05) is 0 Å². The molecule has 0 aromatic rings. The summed E-state index contributed by atoms with van der Waals surface area (Å²) >= 11 is 0. The molecule has 0 spiro atoms. The van der Waals surface area contributed by atoms with Crippen LogP contribution in [-0.4, -0.2) is 36.4 Å². The van der Waals surface area contributed by atoms with E-state index in [1.54, 1.807) is 0 Å². The number of carbonyl (C=O) groups is 2. The van der Waals surface area contributed by atoms with Crippen molar-refractivity contribution in [3.05, 3.63) is 48.6 Å². The molecule has 0 aliphatic carbocycles. The molecule has 48 heavy (non-hydrogen) atoms. The van der Waals surface area contributed by atoms with Crippen LogP contribution in [0.3, 0.4) is 0 Å². The molecule has 278 valence electrons. The smallest absolute Gasteiger partial charge is 0.306 e. The molecule has 0 bridgehead atoms. The number of unbranched alkanes of at least 4 members (excludes halogenated alkanes) is 20. The Labute approximate surface area is 297 Å². The van der Waals surface area contributed by atoms with Gasteiger partial charge in [0.25, 0.3) is 0 Å². The summed E-state index contributed by atoms with van der Waals surface area (Å²) in [6, 6.07) is 0. The van der Waals surface area contributed by atoms with E-state index in [0.717, 1.165) is 77.0 Å². The maximum Gasteiger partial charge on any atom is 0.306 e. The minimum absolute atomic E-state index is 0.0745. The molecule has 0 amide bonds. The maximum atomic E-state index is 12.2. The van der Waals surface area contributed by atoms with Gasteiger partial charge in [-0.2, -0.15) is 0 Å². The van der Waals surface area contributed by atoms with Crippen molar-refractivity contribution in [3.63, 3.8) is 0 Å². The van der Waals surface area contributed by atoms with Crippen LogP contribution in [-0.2, 0) is 19.1 Å². The molecule has 1 unspecified atom stereocenters. The molecule has 1 N–H and O–H groups in total. The average molecular weight is 673 g/mol. The Hall–Kier alpha value is -2.14. The summed E-state index contributed by atoms with van der Waals surface area (Å²) in [5.41, 5.74) is 0. The Morgan fingerprint density at radius 3 is 1.35 bits per heavy atom. The second-order valence-corrected chi connectivity index (χ2v) is 13.3. The summed E-state index contributed by atoms with van der Waals surface area (Å²) in [5.74, 6) is -0.615. The lowest BCUT2D eigenvalue weighted by molar-refractivity contribution is -0.161. The minimum Gasteiger partial charge on any atom is -0.462 e. The Balaban J connectivity index is 3.58. The second-order valence-electron chi connectivity index (χ2n) is 13.3. The van der Waals surface area contributed by atoms with Crippen molar-refractivity contribution < 1.29 is 24.2 Å². The first kappa shape index (κ1) is 45.9. The quantitative estimate of drug-likeness (QED) is 0.0407. The van der Waals surface area contributed by atoms with Gasteiger partial charge in [-0.25, -0.2) is 0 Å². The molecule has 0 aromatic carbocycles. The van der Waals surface area contributed by atoms with Gasteiger partial charge >= 0.3 is 11.9 Å². The summed E-state index contributed by atoms with van der Waals surface area (Å²) in [7, 11) is 0. The van der Waals surface area contributed by atoms with E-state index in [4.69, 9.17) is 9.47 Å². The number of aliphatic hydroxyl groups is 1. The third-order valence-electron chi connectivity index (χ3n) is 8.64. The number of hydrogen-bond donors (Lipinski definition) is 1. The van der Waals surface area contributed by atoms with E-state index < -0.39 is 6.10 Å². The first-order valence-electron chi connectivity index (χ1n) is 20.2. The fourth-order valence-corrected chi connectivity index (χ4v) is 5.60. The molecule has 0 fully saturated rings. The molecule has 0 rings (SSSR count). The van der Waals surface area contributed by atoms with Crippen LogP contribution in [0.15, 0.2) is 48.6 Å². The number of esters is 2. The molecular formula is C43H76O5. The van der Waals surface area contributed by atoms with Crippen molar-refractivity contribution in [1.29, 1.82) is 0 Å². The highest BCUT2D eigenvalue weighted by Crippen LogP contribution is 2.15. The summed E-state index contributed by atoms with van der Waals surface area (Å²) < 4.78 is 10.6. The number of rotatable bonds is 36. The molecular weight excluding hydrogens is 596 g/mol. The third kappa shape index (κ3) is 36.7. The van der Waals surface area contributed by atoms with Gasteiger partial charge in [0.15, 0.2) is 6.10 Å². The zero-order chi connectivity index (χ0) is 35.0. The van der Waals surface area contributed by atoms with Crippen LogP contribution in [0.1, 0.15) is 194 Å². The predicted molar refractivity (Wildman–Crippen MR) is 205 cm³/mol. The fraction of sp³-hybridized carbons (Fsp3) is 0.767. The van der Waals surface area contributed by atoms with Gasteiger partial charge in [-0.15, -0.1) is 0 Å². The SMILES string of the molecule is CCC=CCC=CCC=CCC=CCCCCCCC(=O)OC(CO)COC(=O)CCCCCCCCCCCCCCCCCCC. The highest BCUT2D eigenvalue weighted by atomic mass is 16.6. The largest absolute Gasteiger partial charge is 0.462 e. The van der Waals surface area contributed by atoms with Gasteiger partial charge in [-0.1, -0.05) is 178 Å². The topological polar surface area (TPSA) is 72.8 Å². The predicted octanol–water partition coefficient (Wildman–Crippen LogP) is 12.6. The first-order chi connectivity index (χ1) is 23.6. The molecule has 0 radical (unpaired) electrons. The van der Waals surface area contributed by atoms with Gasteiger partial charge in [0.05, 0.1) is 6.61 Å². The van der Waals surface area contributed by atoms with Crippen molar-refractivity contribution >= 4 is 11.9 Å². The number of carbonyl (C=O) groups excluding carboxylic acids is 2.